The first-order valence-electron chi connectivity index (χ1n) is 9.24. The molecule has 1 aliphatic rings. The molecule has 0 saturated heterocycles. The quantitative estimate of drug-likeness (QED) is 0.448. The number of H-pyrrole nitrogens is 1. The minimum absolute atomic E-state index is 0.124. The topological polar surface area (TPSA) is 54.7 Å². The van der Waals surface area contributed by atoms with E-state index in [1.165, 1.54) is 22.3 Å². The standard InChI is InChI=1S/C23H21N3O/c1-23(2,3)16-10-8-14(9-11-16)21-25-26-22(27-21)19-13-24-20-17-7-5-4-6-15(17)12-18(19)20/h4-11,13,24H,12H2,1-3H3. The second-order valence-electron chi connectivity index (χ2n) is 8.13. The summed E-state index contributed by atoms with van der Waals surface area (Å²) < 4.78 is 6.02. The Balaban J connectivity index is 1.48. The average molecular weight is 355 g/mol. The van der Waals surface area contributed by atoms with Crippen LogP contribution >= 0.6 is 0 Å². The largest absolute Gasteiger partial charge is 0.416 e. The molecule has 2 heterocycles. The first kappa shape index (κ1) is 16.1. The highest BCUT2D eigenvalue weighted by atomic mass is 16.4. The van der Waals surface area contributed by atoms with Gasteiger partial charge in [-0.25, -0.2) is 0 Å². The molecule has 4 aromatic rings. The number of fused-ring (bicyclic) bond motifs is 3. The molecular formula is C23H21N3O. The fourth-order valence-corrected chi connectivity index (χ4v) is 3.74. The molecule has 27 heavy (non-hydrogen) atoms. The van der Waals surface area contributed by atoms with Crippen molar-refractivity contribution in [3.05, 3.63) is 71.4 Å². The van der Waals surface area contributed by atoms with E-state index in [9.17, 15) is 0 Å². The highest BCUT2D eigenvalue weighted by molar-refractivity contribution is 5.81. The van der Waals surface area contributed by atoms with Crippen molar-refractivity contribution in [3.63, 3.8) is 0 Å². The Kier molecular flexibility index (Phi) is 3.38. The van der Waals surface area contributed by atoms with Crippen LogP contribution in [0.4, 0.5) is 0 Å². The summed E-state index contributed by atoms with van der Waals surface area (Å²) in [5.74, 6) is 1.12. The summed E-state index contributed by atoms with van der Waals surface area (Å²) in [5.41, 5.74) is 8.33. The molecule has 0 amide bonds. The maximum atomic E-state index is 6.02. The lowest BCUT2D eigenvalue weighted by molar-refractivity contribution is 0.581. The molecule has 1 N–H and O–H groups in total. The molecule has 0 radical (unpaired) electrons. The monoisotopic (exact) mass is 355 g/mol. The van der Waals surface area contributed by atoms with Gasteiger partial charge in [-0.05, 0) is 34.2 Å². The van der Waals surface area contributed by atoms with Crippen LogP contribution in [0, 0.1) is 0 Å². The molecule has 1 aliphatic carbocycles. The third kappa shape index (κ3) is 2.60. The molecule has 0 saturated carbocycles. The van der Waals surface area contributed by atoms with E-state index in [2.05, 4.69) is 84.5 Å². The minimum Gasteiger partial charge on any atom is -0.416 e. The first-order valence-corrected chi connectivity index (χ1v) is 9.24. The second-order valence-corrected chi connectivity index (χ2v) is 8.13. The van der Waals surface area contributed by atoms with Crippen LogP contribution in [0.2, 0.25) is 0 Å². The Morgan fingerprint density at radius 2 is 1.63 bits per heavy atom. The van der Waals surface area contributed by atoms with E-state index in [1.807, 2.05) is 6.20 Å². The molecule has 5 rings (SSSR count). The van der Waals surface area contributed by atoms with Gasteiger partial charge < -0.3 is 9.40 Å². The number of aromatic nitrogens is 3. The van der Waals surface area contributed by atoms with E-state index >= 15 is 0 Å². The minimum atomic E-state index is 0.124. The smallest absolute Gasteiger partial charge is 0.250 e. The lowest BCUT2D eigenvalue weighted by Gasteiger charge is -2.18. The highest BCUT2D eigenvalue weighted by Gasteiger charge is 2.25. The third-order valence-corrected chi connectivity index (χ3v) is 5.29. The van der Waals surface area contributed by atoms with E-state index in [0.717, 1.165) is 23.2 Å². The predicted octanol–water partition coefficient (Wildman–Crippen LogP) is 5.60. The molecule has 4 heteroatoms. The zero-order valence-electron chi connectivity index (χ0n) is 15.7. The van der Waals surface area contributed by atoms with Gasteiger partial charge in [0.05, 0.1) is 11.3 Å². The fraction of sp³-hybridized carbons (Fsp3) is 0.217. The predicted molar refractivity (Wildman–Crippen MR) is 106 cm³/mol. The summed E-state index contributed by atoms with van der Waals surface area (Å²) in [7, 11) is 0. The van der Waals surface area contributed by atoms with Crippen LogP contribution in [0.3, 0.4) is 0 Å². The van der Waals surface area contributed by atoms with Crippen molar-refractivity contribution in [2.24, 2.45) is 0 Å². The Labute approximate surface area is 158 Å². The van der Waals surface area contributed by atoms with Gasteiger partial charge in [-0.2, -0.15) is 0 Å². The van der Waals surface area contributed by atoms with Gasteiger partial charge in [-0.15, -0.1) is 10.2 Å². The summed E-state index contributed by atoms with van der Waals surface area (Å²) in [5, 5.41) is 8.59. The number of hydrogen-bond donors (Lipinski definition) is 1. The van der Waals surface area contributed by atoms with Crippen molar-refractivity contribution < 1.29 is 4.42 Å². The third-order valence-electron chi connectivity index (χ3n) is 5.29. The Bertz CT molecular complexity index is 1130. The maximum absolute atomic E-state index is 6.02. The summed E-state index contributed by atoms with van der Waals surface area (Å²) in [6.45, 7) is 6.62. The SMILES string of the molecule is CC(C)(C)c1ccc(-c2nnc(-c3c[nH]c4c3Cc3ccccc3-4)o2)cc1. The molecule has 0 atom stereocenters. The number of aromatic amines is 1. The van der Waals surface area contributed by atoms with Crippen LogP contribution in [0.15, 0.2) is 59.1 Å². The highest BCUT2D eigenvalue weighted by Crippen LogP contribution is 2.41. The van der Waals surface area contributed by atoms with E-state index in [1.54, 1.807) is 0 Å². The zero-order valence-corrected chi connectivity index (χ0v) is 15.7. The van der Waals surface area contributed by atoms with Crippen LogP contribution < -0.4 is 0 Å². The van der Waals surface area contributed by atoms with Gasteiger partial charge in [0.2, 0.25) is 11.8 Å². The lowest BCUT2D eigenvalue weighted by atomic mass is 9.87. The van der Waals surface area contributed by atoms with Gasteiger partial charge in [0.25, 0.3) is 0 Å². The normalized spacial score (nSPS) is 12.9. The van der Waals surface area contributed by atoms with E-state index < -0.39 is 0 Å². The van der Waals surface area contributed by atoms with Crippen molar-refractivity contribution in [2.75, 3.05) is 0 Å². The van der Waals surface area contributed by atoms with Crippen LogP contribution in [-0.2, 0) is 11.8 Å². The van der Waals surface area contributed by atoms with Crippen LogP contribution in [-0.4, -0.2) is 15.2 Å². The average Bonchev–Trinajstić information content (AvgIpc) is 3.36. The van der Waals surface area contributed by atoms with Crippen molar-refractivity contribution in [3.8, 4) is 34.2 Å². The number of nitrogens with zero attached hydrogens (tertiary/aromatic N) is 2. The molecule has 4 nitrogen and oxygen atoms in total. The first-order chi connectivity index (χ1) is 13.0. The van der Waals surface area contributed by atoms with Gasteiger partial charge in [0.1, 0.15) is 0 Å². The van der Waals surface area contributed by atoms with Crippen molar-refractivity contribution in [1.29, 1.82) is 0 Å². The number of hydrogen-bond acceptors (Lipinski definition) is 3. The molecule has 134 valence electrons. The van der Waals surface area contributed by atoms with Gasteiger partial charge in [0.15, 0.2) is 0 Å². The van der Waals surface area contributed by atoms with E-state index in [4.69, 9.17) is 4.42 Å². The molecule has 0 spiro atoms. The molecule has 0 aliphatic heterocycles. The number of benzene rings is 2. The Morgan fingerprint density at radius 3 is 2.41 bits per heavy atom. The van der Waals surface area contributed by atoms with Gasteiger partial charge >= 0.3 is 0 Å². The molecule has 0 fully saturated rings. The molecule has 2 aromatic carbocycles. The summed E-state index contributed by atoms with van der Waals surface area (Å²) in [4.78, 5) is 3.39. The van der Waals surface area contributed by atoms with Crippen LogP contribution in [0.25, 0.3) is 34.2 Å². The van der Waals surface area contributed by atoms with Gasteiger partial charge in [-0.3, -0.25) is 0 Å². The summed E-state index contributed by atoms with van der Waals surface area (Å²) in [6, 6.07) is 16.8. The van der Waals surface area contributed by atoms with Crippen molar-refractivity contribution in [2.45, 2.75) is 32.6 Å². The molecular weight excluding hydrogens is 334 g/mol. The molecule has 2 aromatic heterocycles. The van der Waals surface area contributed by atoms with Crippen LogP contribution in [0.5, 0.6) is 0 Å². The van der Waals surface area contributed by atoms with E-state index in [-0.39, 0.29) is 5.41 Å². The van der Waals surface area contributed by atoms with Gasteiger partial charge in [0, 0.05) is 23.7 Å². The van der Waals surface area contributed by atoms with Crippen molar-refractivity contribution >= 4 is 0 Å². The number of rotatable bonds is 2. The molecule has 0 bridgehead atoms. The van der Waals surface area contributed by atoms with Gasteiger partial charge in [-0.1, -0.05) is 57.2 Å². The summed E-state index contributed by atoms with van der Waals surface area (Å²) in [6.07, 6.45) is 2.86. The van der Waals surface area contributed by atoms with E-state index in [0.29, 0.717) is 11.8 Å². The summed E-state index contributed by atoms with van der Waals surface area (Å²) >= 11 is 0. The number of nitrogens with one attached hydrogen (secondary N) is 1. The Morgan fingerprint density at radius 1 is 0.889 bits per heavy atom. The molecule has 0 unspecified atom stereocenters. The Hall–Kier alpha value is -3.14. The maximum Gasteiger partial charge on any atom is 0.250 e. The van der Waals surface area contributed by atoms with Crippen LogP contribution in [0.1, 0.15) is 37.5 Å². The lowest BCUT2D eigenvalue weighted by Crippen LogP contribution is -2.10. The second kappa shape index (κ2) is 5.68. The fourth-order valence-electron chi connectivity index (χ4n) is 3.74. The van der Waals surface area contributed by atoms with Crippen molar-refractivity contribution in [1.82, 2.24) is 15.2 Å². The zero-order chi connectivity index (χ0) is 18.6.